The van der Waals surface area contributed by atoms with Crippen LogP contribution in [-0.4, -0.2) is 9.97 Å². The highest BCUT2D eigenvalue weighted by Crippen LogP contribution is 2.33. The number of benzene rings is 2. The summed E-state index contributed by atoms with van der Waals surface area (Å²) >= 11 is 0. The van der Waals surface area contributed by atoms with Crippen molar-refractivity contribution in [1.29, 1.82) is 10.5 Å². The third-order valence-corrected chi connectivity index (χ3v) is 6.04. The van der Waals surface area contributed by atoms with Gasteiger partial charge in [-0.15, -0.1) is 0 Å². The van der Waals surface area contributed by atoms with Gasteiger partial charge < -0.3 is 11.5 Å². The number of pyridine rings is 2. The lowest BCUT2D eigenvalue weighted by molar-refractivity contribution is 1.05. The molecule has 2 heterocycles. The summed E-state index contributed by atoms with van der Waals surface area (Å²) < 4.78 is 0. The van der Waals surface area contributed by atoms with E-state index in [4.69, 9.17) is 22.0 Å². The summed E-state index contributed by atoms with van der Waals surface area (Å²) in [4.78, 5) is 8.96. The Morgan fingerprint density at radius 2 is 1.71 bits per heavy atom. The fourth-order valence-electron chi connectivity index (χ4n) is 4.19. The molecule has 2 aromatic heterocycles. The minimum Gasteiger partial charge on any atom is -0.405 e. The predicted octanol–water partition coefficient (Wildman–Crippen LogP) is 6.39. The van der Waals surface area contributed by atoms with E-state index in [0.29, 0.717) is 22.5 Å². The van der Waals surface area contributed by atoms with Crippen LogP contribution in [0.2, 0.25) is 0 Å². The molecule has 0 saturated carbocycles. The zero-order valence-electron chi connectivity index (χ0n) is 20.8. The highest BCUT2D eigenvalue weighted by Gasteiger charge is 2.10. The first-order chi connectivity index (χ1) is 18.7. The quantitative estimate of drug-likeness (QED) is 0.166. The SMILES string of the molecule is N#CC(/C=C\N)=C/CC/C=C\C(=C/N)c1cccc2c(-c3ccc(-c4cc(C#N)ccn4)nc3)cccc12. The molecule has 6 nitrogen and oxygen atoms in total. The Morgan fingerprint density at radius 3 is 2.45 bits per heavy atom. The van der Waals surface area contributed by atoms with Crippen molar-refractivity contribution in [2.24, 2.45) is 11.5 Å². The largest absolute Gasteiger partial charge is 0.405 e. The van der Waals surface area contributed by atoms with Crippen LogP contribution in [0.1, 0.15) is 24.0 Å². The molecule has 0 bridgehead atoms. The van der Waals surface area contributed by atoms with E-state index in [0.717, 1.165) is 45.9 Å². The molecule has 2 aromatic carbocycles. The van der Waals surface area contributed by atoms with Gasteiger partial charge in [-0.25, -0.2) is 0 Å². The summed E-state index contributed by atoms with van der Waals surface area (Å²) in [5.74, 6) is 0. The highest BCUT2D eigenvalue weighted by molar-refractivity contribution is 6.03. The maximum Gasteiger partial charge on any atom is 0.0992 e. The van der Waals surface area contributed by atoms with Crippen LogP contribution in [-0.2, 0) is 0 Å². The van der Waals surface area contributed by atoms with Crippen molar-refractivity contribution >= 4 is 16.3 Å². The van der Waals surface area contributed by atoms with Crippen LogP contribution in [0.3, 0.4) is 0 Å². The van der Waals surface area contributed by atoms with Gasteiger partial charge in [0, 0.05) is 29.7 Å². The Hall–Kier alpha value is -5.46. The molecular weight excluding hydrogens is 468 g/mol. The molecule has 4 aromatic rings. The molecule has 0 atom stereocenters. The monoisotopic (exact) mass is 494 g/mol. The zero-order valence-corrected chi connectivity index (χ0v) is 20.8. The number of nitrogens with two attached hydrogens (primary N) is 2. The maximum atomic E-state index is 9.17. The molecule has 0 aliphatic rings. The van der Waals surface area contributed by atoms with Gasteiger partial charge in [0.05, 0.1) is 29.1 Å². The van der Waals surface area contributed by atoms with Crippen LogP contribution in [0.4, 0.5) is 0 Å². The lowest BCUT2D eigenvalue weighted by Crippen LogP contribution is -1.92. The zero-order chi connectivity index (χ0) is 26.7. The van der Waals surface area contributed by atoms with Crippen LogP contribution in [0.25, 0.3) is 38.9 Å². The van der Waals surface area contributed by atoms with Gasteiger partial charge in [-0.2, -0.15) is 10.5 Å². The smallest absolute Gasteiger partial charge is 0.0992 e. The van der Waals surface area contributed by atoms with E-state index >= 15 is 0 Å². The van der Waals surface area contributed by atoms with Gasteiger partial charge in [-0.1, -0.05) is 60.7 Å². The second-order valence-corrected chi connectivity index (χ2v) is 8.41. The first-order valence-electron chi connectivity index (χ1n) is 12.1. The highest BCUT2D eigenvalue weighted by atomic mass is 14.8. The van der Waals surface area contributed by atoms with Gasteiger partial charge in [0.1, 0.15) is 0 Å². The number of hydrogen-bond donors (Lipinski definition) is 2. The summed E-state index contributed by atoms with van der Waals surface area (Å²) in [5.41, 5.74) is 17.9. The van der Waals surface area contributed by atoms with Gasteiger partial charge in [0.2, 0.25) is 0 Å². The molecule has 0 saturated heterocycles. The second-order valence-electron chi connectivity index (χ2n) is 8.41. The van der Waals surface area contributed by atoms with Gasteiger partial charge in [-0.3, -0.25) is 9.97 Å². The molecule has 0 aliphatic carbocycles. The van der Waals surface area contributed by atoms with Crippen molar-refractivity contribution in [3.8, 4) is 34.7 Å². The minimum atomic E-state index is 0.548. The molecule has 0 radical (unpaired) electrons. The van der Waals surface area contributed by atoms with Crippen LogP contribution in [0.15, 0.2) is 115 Å². The standard InChI is InChI=1S/C32H26N6/c33-16-14-23(19-34)6-2-1-3-7-25(21-36)27-8-4-11-30-28(9-5-10-29(27)30)26-12-13-31(38-22-26)32-18-24(20-35)15-17-37-32/h3-18,21-22H,1-2,33,36H2/b7-3-,16-14-,23-6+,25-21+. The Kier molecular flexibility index (Phi) is 8.42. The van der Waals surface area contributed by atoms with Crippen LogP contribution >= 0.6 is 0 Å². The van der Waals surface area contributed by atoms with Crippen molar-refractivity contribution in [1.82, 2.24) is 9.97 Å². The Morgan fingerprint density at radius 1 is 0.868 bits per heavy atom. The number of hydrogen-bond acceptors (Lipinski definition) is 6. The molecular formula is C32H26N6. The van der Waals surface area contributed by atoms with E-state index in [1.165, 1.54) is 6.20 Å². The summed E-state index contributed by atoms with van der Waals surface area (Å²) in [6, 6.07) is 24.0. The number of aromatic nitrogens is 2. The summed E-state index contributed by atoms with van der Waals surface area (Å²) in [5, 5.41) is 20.4. The molecule has 6 heteroatoms. The Balaban J connectivity index is 1.61. The molecule has 38 heavy (non-hydrogen) atoms. The molecule has 0 amide bonds. The molecule has 4 rings (SSSR count). The van der Waals surface area contributed by atoms with E-state index in [1.54, 1.807) is 30.6 Å². The number of unbranched alkanes of at least 4 members (excludes halogenated alkanes) is 1. The first kappa shape index (κ1) is 25.6. The summed E-state index contributed by atoms with van der Waals surface area (Å²) in [6.45, 7) is 0. The van der Waals surface area contributed by atoms with Crippen LogP contribution in [0.5, 0.6) is 0 Å². The van der Waals surface area contributed by atoms with Gasteiger partial charge in [-0.05, 0) is 70.8 Å². The number of rotatable bonds is 8. The topological polar surface area (TPSA) is 125 Å². The van der Waals surface area contributed by atoms with Gasteiger partial charge in [0.15, 0.2) is 0 Å². The van der Waals surface area contributed by atoms with E-state index in [1.807, 2.05) is 42.6 Å². The number of nitriles is 2. The number of fused-ring (bicyclic) bond motifs is 1. The van der Waals surface area contributed by atoms with Crippen molar-refractivity contribution in [2.45, 2.75) is 12.8 Å². The lowest BCUT2D eigenvalue weighted by atomic mass is 9.93. The molecule has 184 valence electrons. The van der Waals surface area contributed by atoms with E-state index < -0.39 is 0 Å². The lowest BCUT2D eigenvalue weighted by Gasteiger charge is -2.12. The normalized spacial score (nSPS) is 12.2. The molecule has 0 aliphatic heterocycles. The summed E-state index contributed by atoms with van der Waals surface area (Å²) in [7, 11) is 0. The molecule has 0 unspecified atom stereocenters. The van der Waals surface area contributed by atoms with E-state index in [-0.39, 0.29) is 0 Å². The third-order valence-electron chi connectivity index (χ3n) is 6.04. The average Bonchev–Trinajstić information content (AvgIpc) is 2.98. The number of allylic oxidation sites excluding steroid dienone is 6. The van der Waals surface area contributed by atoms with Crippen LogP contribution < -0.4 is 11.5 Å². The van der Waals surface area contributed by atoms with E-state index in [9.17, 15) is 0 Å². The minimum absolute atomic E-state index is 0.548. The van der Waals surface area contributed by atoms with Crippen LogP contribution in [0, 0.1) is 22.7 Å². The average molecular weight is 495 g/mol. The molecule has 0 spiro atoms. The molecule has 0 fully saturated rings. The van der Waals surface area contributed by atoms with Crippen molar-refractivity contribution in [3.63, 3.8) is 0 Å². The fourth-order valence-corrected chi connectivity index (χ4v) is 4.19. The van der Waals surface area contributed by atoms with Gasteiger partial charge in [0.25, 0.3) is 0 Å². The first-order valence-corrected chi connectivity index (χ1v) is 12.1. The van der Waals surface area contributed by atoms with Crippen molar-refractivity contribution < 1.29 is 0 Å². The Bertz CT molecular complexity index is 1640. The third kappa shape index (κ3) is 5.84. The number of nitrogens with zero attached hydrogens (tertiary/aromatic N) is 4. The van der Waals surface area contributed by atoms with E-state index in [2.05, 4.69) is 52.4 Å². The summed E-state index contributed by atoms with van der Waals surface area (Å²) in [6.07, 6.45) is 15.4. The Labute approximate surface area is 222 Å². The van der Waals surface area contributed by atoms with Crippen molar-refractivity contribution in [2.75, 3.05) is 0 Å². The fraction of sp³-hybridized carbons (Fsp3) is 0.0625. The predicted molar refractivity (Wildman–Crippen MR) is 153 cm³/mol. The van der Waals surface area contributed by atoms with Gasteiger partial charge >= 0.3 is 0 Å². The van der Waals surface area contributed by atoms with Crippen molar-refractivity contribution in [3.05, 3.63) is 126 Å². The maximum absolute atomic E-state index is 9.17. The molecule has 4 N–H and O–H groups in total. The second kappa shape index (κ2) is 12.5.